The van der Waals surface area contributed by atoms with E-state index in [4.69, 9.17) is 23.7 Å². The quantitative estimate of drug-likeness (QED) is 0.180. The predicted molar refractivity (Wildman–Crippen MR) is 126 cm³/mol. The summed E-state index contributed by atoms with van der Waals surface area (Å²) in [5.41, 5.74) is 2.67. The van der Waals surface area contributed by atoms with E-state index >= 15 is 0 Å². The van der Waals surface area contributed by atoms with E-state index < -0.39 is 11.6 Å². The second-order valence-corrected chi connectivity index (χ2v) is 8.29. The fraction of sp³-hybridized carbons (Fsp3) is 0.423. The highest BCUT2D eigenvalue weighted by molar-refractivity contribution is 5.93. The van der Waals surface area contributed by atoms with E-state index in [-0.39, 0.29) is 6.10 Å². The summed E-state index contributed by atoms with van der Waals surface area (Å²) in [5, 5.41) is 0. The standard InChI is InChI=1S/C26H34O6/c1-18(2)13-14-30-24-17-31-22-12-11-20(15-23(22)32-26(24,4)5)10-8-9-19(3)21(16-28-6)25(27)29-7/h8-13,15-16,24H,14,17H2,1-7H3/b10-8+,19-9-,21-16+. The minimum atomic E-state index is -0.556. The van der Waals surface area contributed by atoms with E-state index in [0.29, 0.717) is 30.3 Å². The molecular weight excluding hydrogens is 408 g/mol. The molecule has 0 aromatic heterocycles. The molecule has 0 amide bonds. The first-order valence-electron chi connectivity index (χ1n) is 10.6. The molecule has 32 heavy (non-hydrogen) atoms. The SMILES string of the molecule is CO\C=C(C(=O)OC)/C(C)=C\C=C\c1ccc2c(c1)OC(C)(C)C(OCC=C(C)C)CO2. The van der Waals surface area contributed by atoms with E-state index in [1.54, 1.807) is 0 Å². The monoisotopic (exact) mass is 442 g/mol. The van der Waals surface area contributed by atoms with Gasteiger partial charge in [-0.1, -0.05) is 35.9 Å². The lowest BCUT2D eigenvalue weighted by Gasteiger charge is -2.31. The zero-order valence-corrected chi connectivity index (χ0v) is 20.1. The van der Waals surface area contributed by atoms with Crippen molar-refractivity contribution in [1.29, 1.82) is 0 Å². The zero-order valence-electron chi connectivity index (χ0n) is 20.1. The molecule has 1 aliphatic rings. The van der Waals surface area contributed by atoms with Crippen LogP contribution in [0.4, 0.5) is 0 Å². The van der Waals surface area contributed by atoms with Gasteiger partial charge >= 0.3 is 5.97 Å². The van der Waals surface area contributed by atoms with Crippen LogP contribution in [0.15, 0.2) is 59.4 Å². The minimum absolute atomic E-state index is 0.209. The molecule has 174 valence electrons. The highest BCUT2D eigenvalue weighted by atomic mass is 16.6. The lowest BCUT2D eigenvalue weighted by molar-refractivity contribution is -0.135. The first kappa shape index (κ1) is 25.3. The van der Waals surface area contributed by atoms with E-state index in [9.17, 15) is 4.79 Å². The summed E-state index contributed by atoms with van der Waals surface area (Å²) >= 11 is 0. The third-order valence-corrected chi connectivity index (χ3v) is 5.00. The average molecular weight is 443 g/mol. The van der Waals surface area contributed by atoms with Crippen LogP contribution in [0.1, 0.15) is 40.2 Å². The fourth-order valence-corrected chi connectivity index (χ4v) is 3.05. The molecular formula is C26H34O6. The van der Waals surface area contributed by atoms with Gasteiger partial charge in [-0.2, -0.15) is 0 Å². The van der Waals surface area contributed by atoms with Crippen molar-refractivity contribution < 1.29 is 28.5 Å². The van der Waals surface area contributed by atoms with Gasteiger partial charge in [-0.15, -0.1) is 0 Å². The Bertz CT molecular complexity index is 916. The third kappa shape index (κ3) is 7.02. The second-order valence-electron chi connectivity index (χ2n) is 8.29. The summed E-state index contributed by atoms with van der Waals surface area (Å²) in [4.78, 5) is 11.9. The van der Waals surface area contributed by atoms with Crippen molar-refractivity contribution in [3.8, 4) is 11.5 Å². The zero-order chi connectivity index (χ0) is 23.7. The van der Waals surface area contributed by atoms with Crippen molar-refractivity contribution in [3.63, 3.8) is 0 Å². The molecule has 0 aliphatic carbocycles. The maximum atomic E-state index is 11.9. The number of carbonyl (C=O) groups excluding carboxylic acids is 1. The van der Waals surface area contributed by atoms with Gasteiger partial charge in [-0.3, -0.25) is 0 Å². The fourth-order valence-electron chi connectivity index (χ4n) is 3.05. The molecule has 0 N–H and O–H groups in total. The molecule has 0 spiro atoms. The Morgan fingerprint density at radius 2 is 1.94 bits per heavy atom. The number of carbonyl (C=O) groups is 1. The molecule has 1 aliphatic heterocycles. The number of fused-ring (bicyclic) bond motifs is 1. The van der Waals surface area contributed by atoms with Gasteiger partial charge in [0.25, 0.3) is 0 Å². The molecule has 6 nitrogen and oxygen atoms in total. The number of allylic oxidation sites excluding steroid dienone is 3. The van der Waals surface area contributed by atoms with Crippen LogP contribution in [-0.2, 0) is 19.0 Å². The number of rotatable bonds is 8. The summed E-state index contributed by atoms with van der Waals surface area (Å²) in [7, 11) is 2.83. The van der Waals surface area contributed by atoms with Gasteiger partial charge in [0.15, 0.2) is 11.5 Å². The van der Waals surface area contributed by atoms with E-state index in [0.717, 1.165) is 11.1 Å². The first-order valence-corrected chi connectivity index (χ1v) is 10.6. The lowest BCUT2D eigenvalue weighted by Crippen LogP contribution is -2.45. The Balaban J connectivity index is 2.17. The third-order valence-electron chi connectivity index (χ3n) is 5.00. The average Bonchev–Trinajstić information content (AvgIpc) is 2.86. The van der Waals surface area contributed by atoms with E-state index in [1.807, 2.05) is 77.1 Å². The van der Waals surface area contributed by atoms with Crippen molar-refractivity contribution in [2.45, 2.75) is 46.3 Å². The first-order chi connectivity index (χ1) is 15.2. The maximum absolute atomic E-state index is 11.9. The van der Waals surface area contributed by atoms with Gasteiger partial charge in [0, 0.05) is 0 Å². The number of ether oxygens (including phenoxy) is 5. The molecule has 1 aromatic carbocycles. The van der Waals surface area contributed by atoms with E-state index in [1.165, 1.54) is 26.1 Å². The van der Waals surface area contributed by atoms with Crippen molar-refractivity contribution in [2.75, 3.05) is 27.4 Å². The highest BCUT2D eigenvalue weighted by Crippen LogP contribution is 2.36. The highest BCUT2D eigenvalue weighted by Gasteiger charge is 2.36. The van der Waals surface area contributed by atoms with Crippen LogP contribution in [0, 0.1) is 0 Å². The Kier molecular flexibility index (Phi) is 9.14. The van der Waals surface area contributed by atoms with Crippen LogP contribution in [0.2, 0.25) is 0 Å². The van der Waals surface area contributed by atoms with Crippen LogP contribution < -0.4 is 9.47 Å². The Morgan fingerprint density at radius 1 is 1.19 bits per heavy atom. The van der Waals surface area contributed by atoms with Crippen molar-refractivity contribution in [2.24, 2.45) is 0 Å². The van der Waals surface area contributed by atoms with Crippen LogP contribution in [-0.4, -0.2) is 45.1 Å². The van der Waals surface area contributed by atoms with Gasteiger partial charge in [0.1, 0.15) is 18.3 Å². The van der Waals surface area contributed by atoms with Crippen LogP contribution >= 0.6 is 0 Å². The summed E-state index contributed by atoms with van der Waals surface area (Å²) in [6.07, 6.45) is 8.81. The number of hydrogen-bond donors (Lipinski definition) is 0. The molecule has 0 fully saturated rings. The molecule has 1 atom stereocenters. The topological polar surface area (TPSA) is 63.2 Å². The minimum Gasteiger partial charge on any atom is -0.503 e. The summed E-state index contributed by atoms with van der Waals surface area (Å²) in [6.45, 7) is 10.8. The summed E-state index contributed by atoms with van der Waals surface area (Å²) in [5.74, 6) is 0.903. The van der Waals surface area contributed by atoms with Crippen LogP contribution in [0.5, 0.6) is 11.5 Å². The maximum Gasteiger partial charge on any atom is 0.341 e. The molecule has 1 aromatic rings. The van der Waals surface area contributed by atoms with Crippen LogP contribution in [0.25, 0.3) is 6.08 Å². The molecule has 0 saturated carbocycles. The normalized spacial score (nSPS) is 18.2. The number of benzene rings is 1. The van der Waals surface area contributed by atoms with Gasteiger partial charge in [0.05, 0.1) is 32.7 Å². The molecule has 1 heterocycles. The molecule has 0 saturated heterocycles. The molecule has 0 radical (unpaired) electrons. The summed E-state index contributed by atoms with van der Waals surface area (Å²) < 4.78 is 28.0. The van der Waals surface area contributed by atoms with Gasteiger partial charge < -0.3 is 23.7 Å². The van der Waals surface area contributed by atoms with Gasteiger partial charge in [-0.25, -0.2) is 4.79 Å². The molecule has 6 heteroatoms. The molecule has 2 rings (SSSR count). The largest absolute Gasteiger partial charge is 0.503 e. The Labute approximate surface area is 191 Å². The number of methoxy groups -OCH3 is 2. The van der Waals surface area contributed by atoms with Crippen molar-refractivity contribution in [3.05, 3.63) is 65.0 Å². The number of hydrogen-bond acceptors (Lipinski definition) is 6. The second kappa shape index (κ2) is 11.6. The lowest BCUT2D eigenvalue weighted by atomic mass is 10.0. The predicted octanol–water partition coefficient (Wildman–Crippen LogP) is 5.25. The molecule has 0 bridgehead atoms. The number of esters is 1. The van der Waals surface area contributed by atoms with Crippen molar-refractivity contribution >= 4 is 12.0 Å². The summed E-state index contributed by atoms with van der Waals surface area (Å²) in [6, 6.07) is 5.78. The van der Waals surface area contributed by atoms with Gasteiger partial charge in [0.2, 0.25) is 0 Å². The Morgan fingerprint density at radius 3 is 2.59 bits per heavy atom. The van der Waals surface area contributed by atoms with Crippen molar-refractivity contribution in [1.82, 2.24) is 0 Å². The van der Waals surface area contributed by atoms with Crippen LogP contribution in [0.3, 0.4) is 0 Å². The Hall–Kier alpha value is -2.99. The van der Waals surface area contributed by atoms with Gasteiger partial charge in [-0.05, 0) is 57.9 Å². The smallest absolute Gasteiger partial charge is 0.341 e. The molecule has 1 unspecified atom stereocenters. The van der Waals surface area contributed by atoms with E-state index in [2.05, 4.69) is 0 Å².